The maximum Gasteiger partial charge on any atom is 0.317 e. The van der Waals surface area contributed by atoms with Crippen molar-refractivity contribution in [1.29, 1.82) is 0 Å². The smallest absolute Gasteiger partial charge is 0.317 e. The number of rotatable bonds is 8. The molecule has 3 rings (SSSR count). The molecule has 146 valence electrons. The number of hydrogen-bond acceptors (Lipinski definition) is 7. The highest BCUT2D eigenvalue weighted by Gasteiger charge is 2.21. The van der Waals surface area contributed by atoms with Gasteiger partial charge in [0.2, 0.25) is 5.78 Å². The van der Waals surface area contributed by atoms with Gasteiger partial charge in [0.05, 0.1) is 12.0 Å². The summed E-state index contributed by atoms with van der Waals surface area (Å²) in [5, 5.41) is 8.74. The predicted molar refractivity (Wildman–Crippen MR) is 100 cm³/mol. The summed E-state index contributed by atoms with van der Waals surface area (Å²) in [6.07, 6.45) is 0.578. The van der Waals surface area contributed by atoms with Gasteiger partial charge in [0.15, 0.2) is 22.8 Å². The molecule has 0 saturated heterocycles. The molecule has 1 atom stereocenters. The molecule has 0 aliphatic rings. The van der Waals surface area contributed by atoms with Crippen molar-refractivity contribution in [3.8, 4) is 11.6 Å². The van der Waals surface area contributed by atoms with Crippen molar-refractivity contribution < 1.29 is 23.1 Å². The molecule has 0 N–H and O–H groups in total. The van der Waals surface area contributed by atoms with Gasteiger partial charge in [-0.05, 0) is 50.2 Å². The Morgan fingerprint density at radius 3 is 2.64 bits per heavy atom. The highest BCUT2D eigenvalue weighted by Crippen LogP contribution is 2.24. The summed E-state index contributed by atoms with van der Waals surface area (Å²) in [4.78, 5) is 24.4. The van der Waals surface area contributed by atoms with Crippen molar-refractivity contribution in [2.24, 2.45) is 0 Å². The lowest BCUT2D eigenvalue weighted by Gasteiger charge is -2.12. The molecule has 0 bridgehead atoms. The van der Waals surface area contributed by atoms with Crippen molar-refractivity contribution in [1.82, 2.24) is 14.8 Å². The van der Waals surface area contributed by atoms with Crippen LogP contribution >= 0.6 is 11.8 Å². The number of carbonyl (C=O) groups excluding carboxylic acids is 2. The predicted octanol–water partition coefficient (Wildman–Crippen LogP) is 3.60. The quantitative estimate of drug-likeness (QED) is 0.323. The van der Waals surface area contributed by atoms with Gasteiger partial charge in [-0.15, -0.1) is 10.2 Å². The summed E-state index contributed by atoms with van der Waals surface area (Å²) in [7, 11) is 0. The fourth-order valence-electron chi connectivity index (χ4n) is 2.53. The Labute approximate surface area is 164 Å². The number of esters is 1. The van der Waals surface area contributed by atoms with Gasteiger partial charge in [-0.3, -0.25) is 14.2 Å². The summed E-state index contributed by atoms with van der Waals surface area (Å²) in [6, 6.07) is 8.63. The lowest BCUT2D eigenvalue weighted by Crippen LogP contribution is -2.25. The van der Waals surface area contributed by atoms with Gasteiger partial charge in [0.25, 0.3) is 0 Å². The first kappa shape index (κ1) is 19.8. The van der Waals surface area contributed by atoms with Crippen LogP contribution in [0.4, 0.5) is 4.39 Å². The van der Waals surface area contributed by atoms with Crippen LogP contribution < -0.4 is 0 Å². The van der Waals surface area contributed by atoms with E-state index >= 15 is 0 Å². The van der Waals surface area contributed by atoms with Gasteiger partial charge >= 0.3 is 5.97 Å². The minimum atomic E-state index is -0.971. The van der Waals surface area contributed by atoms with Gasteiger partial charge in [-0.2, -0.15) is 0 Å². The molecule has 0 aliphatic carbocycles. The summed E-state index contributed by atoms with van der Waals surface area (Å²) >= 11 is 1.16. The number of furan rings is 1. The molecule has 7 nitrogen and oxygen atoms in total. The summed E-state index contributed by atoms with van der Waals surface area (Å²) in [5.41, 5.74) is 0.281. The number of thioether (sulfide) groups is 1. The number of benzene rings is 1. The van der Waals surface area contributed by atoms with Crippen molar-refractivity contribution in [3.63, 3.8) is 0 Å². The first-order chi connectivity index (χ1) is 13.5. The Hall–Kier alpha value is -2.94. The van der Waals surface area contributed by atoms with E-state index in [0.717, 1.165) is 11.8 Å². The van der Waals surface area contributed by atoms with E-state index in [4.69, 9.17) is 9.15 Å². The molecule has 2 heterocycles. The molecule has 0 amide bonds. The minimum Gasteiger partial charge on any atom is -0.461 e. The van der Waals surface area contributed by atoms with Crippen LogP contribution in [0, 0.1) is 5.82 Å². The maximum atomic E-state index is 13.0. The van der Waals surface area contributed by atoms with Crippen LogP contribution in [0.3, 0.4) is 0 Å². The molecule has 0 unspecified atom stereocenters. The number of nitrogens with zero attached hydrogens (tertiary/aromatic N) is 3. The van der Waals surface area contributed by atoms with E-state index in [1.807, 2.05) is 11.5 Å². The van der Waals surface area contributed by atoms with E-state index in [9.17, 15) is 14.0 Å². The third-order valence-electron chi connectivity index (χ3n) is 3.90. The number of aromatic nitrogens is 3. The van der Waals surface area contributed by atoms with Gasteiger partial charge in [0.1, 0.15) is 5.82 Å². The Bertz CT molecular complexity index is 954. The Morgan fingerprint density at radius 2 is 2.00 bits per heavy atom. The third-order valence-corrected chi connectivity index (χ3v) is 4.84. The molecule has 0 aliphatic heterocycles. The van der Waals surface area contributed by atoms with E-state index in [2.05, 4.69) is 10.2 Å². The van der Waals surface area contributed by atoms with Crippen LogP contribution in [0.2, 0.25) is 0 Å². The third kappa shape index (κ3) is 4.48. The van der Waals surface area contributed by atoms with Crippen LogP contribution in [-0.2, 0) is 16.1 Å². The summed E-state index contributed by atoms with van der Waals surface area (Å²) in [5.74, 6) is -0.262. The highest BCUT2D eigenvalue weighted by molar-refractivity contribution is 7.99. The number of ether oxygens (including phenoxy) is 1. The zero-order chi connectivity index (χ0) is 20.1. The second-order valence-electron chi connectivity index (χ2n) is 5.82. The highest BCUT2D eigenvalue weighted by atomic mass is 32.2. The summed E-state index contributed by atoms with van der Waals surface area (Å²) in [6.45, 7) is 4.01. The molecule has 9 heteroatoms. The lowest BCUT2D eigenvalue weighted by atomic mass is 10.1. The SMILES string of the molecule is CCn1c(SCC(=O)O[C@@H](C)C(=O)c2ccc(F)cc2)nnc1-c1ccco1. The fourth-order valence-corrected chi connectivity index (χ4v) is 3.31. The van der Waals surface area contributed by atoms with Crippen LogP contribution in [0.15, 0.2) is 52.2 Å². The standard InChI is InChI=1S/C19H18FN3O4S/c1-3-23-18(15-5-4-10-26-15)21-22-19(23)28-11-16(24)27-12(2)17(25)13-6-8-14(20)9-7-13/h4-10,12H,3,11H2,1-2H3/t12-/m0/s1. The molecule has 3 aromatic rings. The second kappa shape index (κ2) is 8.83. The maximum absolute atomic E-state index is 13.0. The number of ketones is 1. The monoisotopic (exact) mass is 403 g/mol. The molecule has 0 saturated carbocycles. The molecule has 28 heavy (non-hydrogen) atoms. The fraction of sp³-hybridized carbons (Fsp3) is 0.263. The molecule has 2 aromatic heterocycles. The van der Waals surface area contributed by atoms with Gasteiger partial charge in [0, 0.05) is 12.1 Å². The number of hydrogen-bond donors (Lipinski definition) is 0. The zero-order valence-corrected chi connectivity index (χ0v) is 16.1. The molecule has 0 spiro atoms. The van der Waals surface area contributed by atoms with Crippen LogP contribution in [0.1, 0.15) is 24.2 Å². The van der Waals surface area contributed by atoms with Crippen LogP contribution in [0.5, 0.6) is 0 Å². The van der Waals surface area contributed by atoms with Crippen molar-refractivity contribution >= 4 is 23.5 Å². The largest absolute Gasteiger partial charge is 0.461 e. The topological polar surface area (TPSA) is 87.2 Å². The van der Waals surface area contributed by atoms with Gasteiger partial charge in [-0.1, -0.05) is 11.8 Å². The first-order valence-corrected chi connectivity index (χ1v) is 9.57. The average Bonchev–Trinajstić information content (AvgIpc) is 3.35. The van der Waals surface area contributed by atoms with E-state index < -0.39 is 23.7 Å². The Morgan fingerprint density at radius 1 is 1.25 bits per heavy atom. The molecule has 0 fully saturated rings. The Kier molecular flexibility index (Phi) is 6.25. The second-order valence-corrected chi connectivity index (χ2v) is 6.76. The van der Waals surface area contributed by atoms with Crippen molar-refractivity contribution in [2.45, 2.75) is 31.7 Å². The first-order valence-electron chi connectivity index (χ1n) is 8.58. The minimum absolute atomic E-state index is 0.0304. The molecule has 1 aromatic carbocycles. The zero-order valence-electron chi connectivity index (χ0n) is 15.3. The normalized spacial score (nSPS) is 12.0. The summed E-state index contributed by atoms with van der Waals surface area (Å²) < 4.78 is 25.3. The van der Waals surface area contributed by atoms with E-state index in [1.165, 1.54) is 31.2 Å². The van der Waals surface area contributed by atoms with Crippen LogP contribution in [-0.4, -0.2) is 38.4 Å². The number of Topliss-reactive ketones (excluding diaryl/α,β-unsaturated/α-hetero) is 1. The van der Waals surface area contributed by atoms with Crippen molar-refractivity contribution in [2.75, 3.05) is 5.75 Å². The molecular weight excluding hydrogens is 385 g/mol. The average molecular weight is 403 g/mol. The van der Waals surface area contributed by atoms with Crippen LogP contribution in [0.25, 0.3) is 11.6 Å². The van der Waals surface area contributed by atoms with Gasteiger partial charge < -0.3 is 9.15 Å². The molecule has 0 radical (unpaired) electrons. The molecular formula is C19H18FN3O4S. The van der Waals surface area contributed by atoms with E-state index in [-0.39, 0.29) is 11.3 Å². The van der Waals surface area contributed by atoms with Crippen molar-refractivity contribution in [3.05, 3.63) is 54.0 Å². The number of halogens is 1. The lowest BCUT2D eigenvalue weighted by molar-refractivity contribution is -0.143. The number of carbonyl (C=O) groups is 2. The van der Waals surface area contributed by atoms with E-state index in [1.54, 1.807) is 18.4 Å². The van der Waals surface area contributed by atoms with E-state index in [0.29, 0.717) is 23.3 Å². The van der Waals surface area contributed by atoms with Gasteiger partial charge in [-0.25, -0.2) is 4.39 Å². The Balaban J connectivity index is 1.58.